The topological polar surface area (TPSA) is 34.4 Å². The van der Waals surface area contributed by atoms with E-state index in [1.54, 1.807) is 0 Å². The van der Waals surface area contributed by atoms with Gasteiger partial charge in [-0.2, -0.15) is 0 Å². The first-order chi connectivity index (χ1) is 9.83. The minimum absolute atomic E-state index is 0.263. The number of aliphatic hydroxyl groups is 1. The zero-order valence-corrected chi connectivity index (χ0v) is 11.7. The zero-order valence-electron chi connectivity index (χ0n) is 11.7. The lowest BCUT2D eigenvalue weighted by molar-refractivity contribution is 0.157. The molecule has 3 heteroatoms. The van der Waals surface area contributed by atoms with Crippen molar-refractivity contribution in [2.45, 2.75) is 38.3 Å². The summed E-state index contributed by atoms with van der Waals surface area (Å²) < 4.78 is 7.88. The molecule has 0 saturated carbocycles. The molecule has 1 aliphatic carbocycles. The van der Waals surface area contributed by atoms with Gasteiger partial charge in [-0.15, -0.1) is 0 Å². The summed E-state index contributed by atoms with van der Waals surface area (Å²) in [5.74, 6) is 0.926. The number of nitrogens with zero attached hydrogens (tertiary/aromatic N) is 1. The van der Waals surface area contributed by atoms with Crippen molar-refractivity contribution in [3.8, 4) is 5.75 Å². The quantitative estimate of drug-likeness (QED) is 0.846. The van der Waals surface area contributed by atoms with Crippen molar-refractivity contribution in [2.24, 2.45) is 0 Å². The molecule has 3 rings (SSSR count). The molecule has 1 heterocycles. The lowest BCUT2D eigenvalue weighted by atomic mass is 9.93. The Morgan fingerprint density at radius 2 is 2.05 bits per heavy atom. The summed E-state index contributed by atoms with van der Waals surface area (Å²) in [4.78, 5) is 0. The zero-order chi connectivity index (χ0) is 13.8. The molecule has 1 atom stereocenters. The van der Waals surface area contributed by atoms with Gasteiger partial charge in [-0.05, 0) is 43.4 Å². The summed E-state index contributed by atoms with van der Waals surface area (Å²) in [5, 5.41) is 9.96. The van der Waals surface area contributed by atoms with Crippen LogP contribution in [-0.4, -0.2) is 16.3 Å². The number of hydrogen-bond donors (Lipinski definition) is 1. The van der Waals surface area contributed by atoms with Crippen LogP contribution in [0, 0.1) is 0 Å². The molecular weight excluding hydrogens is 250 g/mol. The molecular formula is C17H21NO2. The summed E-state index contributed by atoms with van der Waals surface area (Å²) in [6.45, 7) is 1.65. The minimum Gasteiger partial charge on any atom is -0.494 e. The van der Waals surface area contributed by atoms with Crippen molar-refractivity contribution >= 4 is 0 Å². The Labute approximate surface area is 119 Å². The van der Waals surface area contributed by atoms with Crippen LogP contribution in [-0.2, 0) is 13.0 Å². The molecule has 1 aromatic carbocycles. The summed E-state index contributed by atoms with van der Waals surface area (Å²) in [5.41, 5.74) is 2.44. The fourth-order valence-corrected chi connectivity index (χ4v) is 2.81. The number of rotatable bonds is 5. The highest BCUT2D eigenvalue weighted by Crippen LogP contribution is 2.30. The fourth-order valence-electron chi connectivity index (χ4n) is 2.81. The summed E-state index contributed by atoms with van der Waals surface area (Å²) in [7, 11) is 0. The molecule has 1 unspecified atom stereocenters. The number of aromatic nitrogens is 1. The second-order valence-electron chi connectivity index (χ2n) is 5.40. The molecule has 0 aliphatic heterocycles. The van der Waals surface area contributed by atoms with Crippen molar-refractivity contribution in [1.82, 2.24) is 4.57 Å². The average molecular weight is 271 g/mol. The summed E-state index contributed by atoms with van der Waals surface area (Å²) in [6, 6.07) is 9.91. The van der Waals surface area contributed by atoms with Crippen LogP contribution in [0.5, 0.6) is 5.75 Å². The van der Waals surface area contributed by atoms with Gasteiger partial charge in [0, 0.05) is 24.5 Å². The molecule has 0 amide bonds. The van der Waals surface area contributed by atoms with Gasteiger partial charge in [-0.3, -0.25) is 0 Å². The first-order valence-electron chi connectivity index (χ1n) is 7.37. The highest BCUT2D eigenvalue weighted by atomic mass is 16.5. The van der Waals surface area contributed by atoms with E-state index in [-0.39, 0.29) is 6.10 Å². The maximum Gasteiger partial charge on any atom is 0.119 e. The molecule has 20 heavy (non-hydrogen) atoms. The van der Waals surface area contributed by atoms with Gasteiger partial charge in [0.2, 0.25) is 0 Å². The van der Waals surface area contributed by atoms with Crippen molar-refractivity contribution in [3.05, 3.63) is 53.9 Å². The smallest absolute Gasteiger partial charge is 0.119 e. The van der Waals surface area contributed by atoms with E-state index in [1.807, 2.05) is 30.3 Å². The van der Waals surface area contributed by atoms with Gasteiger partial charge in [0.1, 0.15) is 5.75 Å². The molecule has 1 aromatic heterocycles. The number of hydrogen-bond acceptors (Lipinski definition) is 2. The highest BCUT2D eigenvalue weighted by molar-refractivity contribution is 5.29. The van der Waals surface area contributed by atoms with Crippen LogP contribution >= 0.6 is 0 Å². The molecule has 0 bridgehead atoms. The van der Waals surface area contributed by atoms with Crippen LogP contribution in [0.15, 0.2) is 42.7 Å². The maximum atomic E-state index is 9.96. The maximum absolute atomic E-state index is 9.96. The lowest BCUT2D eigenvalue weighted by Gasteiger charge is -2.16. The minimum atomic E-state index is -0.263. The fraction of sp³-hybridized carbons (Fsp3) is 0.412. The third-order valence-electron chi connectivity index (χ3n) is 3.85. The van der Waals surface area contributed by atoms with E-state index >= 15 is 0 Å². The predicted molar refractivity (Wildman–Crippen MR) is 78.9 cm³/mol. The largest absolute Gasteiger partial charge is 0.494 e. The number of ether oxygens (including phenoxy) is 1. The SMILES string of the molecule is OC1CCCc2cn(CCCOc3ccccc3)cc21. The molecule has 106 valence electrons. The predicted octanol–water partition coefficient (Wildman–Crippen LogP) is 3.33. The third kappa shape index (κ3) is 3.05. The Balaban J connectivity index is 1.49. The van der Waals surface area contributed by atoms with Gasteiger partial charge >= 0.3 is 0 Å². The van der Waals surface area contributed by atoms with E-state index < -0.39 is 0 Å². The average Bonchev–Trinajstić information content (AvgIpc) is 2.89. The first kappa shape index (κ1) is 13.3. The molecule has 3 nitrogen and oxygen atoms in total. The van der Waals surface area contributed by atoms with Crippen LogP contribution in [0.25, 0.3) is 0 Å². The van der Waals surface area contributed by atoms with Gasteiger partial charge < -0.3 is 14.4 Å². The number of aliphatic hydroxyl groups excluding tert-OH is 1. The Morgan fingerprint density at radius 1 is 1.20 bits per heavy atom. The van der Waals surface area contributed by atoms with Crippen LogP contribution in [0.1, 0.15) is 36.5 Å². The van der Waals surface area contributed by atoms with Gasteiger partial charge in [0.15, 0.2) is 0 Å². The molecule has 0 radical (unpaired) electrons. The van der Waals surface area contributed by atoms with E-state index in [1.165, 1.54) is 5.56 Å². The molecule has 0 saturated heterocycles. The third-order valence-corrected chi connectivity index (χ3v) is 3.85. The normalized spacial score (nSPS) is 17.8. The van der Waals surface area contributed by atoms with E-state index in [4.69, 9.17) is 4.74 Å². The summed E-state index contributed by atoms with van der Waals surface area (Å²) >= 11 is 0. The Hall–Kier alpha value is -1.74. The number of aryl methyl sites for hydroxylation is 2. The van der Waals surface area contributed by atoms with Crippen LogP contribution in [0.3, 0.4) is 0 Å². The van der Waals surface area contributed by atoms with E-state index in [2.05, 4.69) is 17.0 Å². The van der Waals surface area contributed by atoms with Gasteiger partial charge in [-0.1, -0.05) is 18.2 Å². The first-order valence-corrected chi connectivity index (χ1v) is 7.37. The second-order valence-corrected chi connectivity index (χ2v) is 5.40. The van der Waals surface area contributed by atoms with Crippen LogP contribution < -0.4 is 4.74 Å². The molecule has 0 fully saturated rings. The van der Waals surface area contributed by atoms with Gasteiger partial charge in [-0.25, -0.2) is 0 Å². The number of para-hydroxylation sites is 1. The van der Waals surface area contributed by atoms with Crippen molar-refractivity contribution in [1.29, 1.82) is 0 Å². The Bertz CT molecular complexity index is 547. The van der Waals surface area contributed by atoms with Crippen LogP contribution in [0.2, 0.25) is 0 Å². The molecule has 0 spiro atoms. The monoisotopic (exact) mass is 271 g/mol. The molecule has 2 aromatic rings. The molecule has 1 N–H and O–H groups in total. The number of fused-ring (bicyclic) bond motifs is 1. The second kappa shape index (κ2) is 6.14. The van der Waals surface area contributed by atoms with E-state index in [0.29, 0.717) is 0 Å². The van der Waals surface area contributed by atoms with Crippen molar-refractivity contribution in [2.75, 3.05) is 6.61 Å². The Kier molecular flexibility index (Phi) is 4.07. The highest BCUT2D eigenvalue weighted by Gasteiger charge is 2.19. The van der Waals surface area contributed by atoms with Gasteiger partial charge in [0.25, 0.3) is 0 Å². The van der Waals surface area contributed by atoms with Crippen molar-refractivity contribution < 1.29 is 9.84 Å². The summed E-state index contributed by atoms with van der Waals surface area (Å²) in [6.07, 6.45) is 8.07. The van der Waals surface area contributed by atoms with Crippen molar-refractivity contribution in [3.63, 3.8) is 0 Å². The van der Waals surface area contributed by atoms with Crippen LogP contribution in [0.4, 0.5) is 0 Å². The van der Waals surface area contributed by atoms with Gasteiger partial charge in [0.05, 0.1) is 12.7 Å². The molecule has 1 aliphatic rings. The number of benzene rings is 1. The lowest BCUT2D eigenvalue weighted by Crippen LogP contribution is -2.05. The Morgan fingerprint density at radius 3 is 2.85 bits per heavy atom. The van der Waals surface area contributed by atoms with E-state index in [0.717, 1.165) is 50.1 Å². The van der Waals surface area contributed by atoms with E-state index in [9.17, 15) is 5.11 Å². The standard InChI is InChI=1S/C17H21NO2/c19-17-9-4-6-14-12-18(13-16(14)17)10-5-11-20-15-7-2-1-3-8-15/h1-3,7-8,12-13,17,19H,4-6,9-11H2.